The number of methoxy groups -OCH3 is 1. The number of hydrogen-bond acceptors (Lipinski definition) is 6. The first-order valence-electron chi connectivity index (χ1n) is 7.91. The quantitative estimate of drug-likeness (QED) is 0.815. The van der Waals surface area contributed by atoms with Gasteiger partial charge in [0.25, 0.3) is 0 Å². The van der Waals surface area contributed by atoms with Crippen LogP contribution in [0, 0.1) is 0 Å². The number of morpholine rings is 1. The number of thiazole rings is 1. The standard InChI is InChI=1S/C15H25N3O2S/c1-19-8-6-16-10-12-11-21-15(17-12)18-7-9-20-14-5-3-2-4-13(14)18/h11,13-14,16H,2-10H2,1H3. The van der Waals surface area contributed by atoms with Crippen LogP contribution >= 0.6 is 11.3 Å². The minimum Gasteiger partial charge on any atom is -0.383 e. The summed E-state index contributed by atoms with van der Waals surface area (Å²) in [6.07, 6.45) is 5.49. The summed E-state index contributed by atoms with van der Waals surface area (Å²) in [5.41, 5.74) is 1.13. The second kappa shape index (κ2) is 7.54. The van der Waals surface area contributed by atoms with E-state index in [0.29, 0.717) is 12.1 Å². The van der Waals surface area contributed by atoms with Crippen LogP contribution in [0.1, 0.15) is 31.4 Å². The monoisotopic (exact) mass is 311 g/mol. The molecular formula is C15H25N3O2S. The normalized spacial score (nSPS) is 25.9. The maximum atomic E-state index is 5.94. The summed E-state index contributed by atoms with van der Waals surface area (Å²) < 4.78 is 11.0. The second-order valence-electron chi connectivity index (χ2n) is 5.75. The molecule has 5 nitrogen and oxygen atoms in total. The molecule has 1 saturated heterocycles. The number of fused-ring (bicyclic) bond motifs is 1. The highest BCUT2D eigenvalue weighted by molar-refractivity contribution is 7.13. The fraction of sp³-hybridized carbons (Fsp3) is 0.800. The maximum absolute atomic E-state index is 5.94. The van der Waals surface area contributed by atoms with Crippen LogP contribution in [0.15, 0.2) is 5.38 Å². The molecule has 1 aliphatic carbocycles. The van der Waals surface area contributed by atoms with Crippen molar-refractivity contribution in [2.45, 2.75) is 44.4 Å². The van der Waals surface area contributed by atoms with Gasteiger partial charge >= 0.3 is 0 Å². The lowest BCUT2D eigenvalue weighted by Gasteiger charge is -2.43. The van der Waals surface area contributed by atoms with Gasteiger partial charge in [0.15, 0.2) is 5.13 Å². The molecule has 118 valence electrons. The second-order valence-corrected chi connectivity index (χ2v) is 6.58. The number of rotatable bonds is 6. The van der Waals surface area contributed by atoms with Crippen LogP contribution in [0.25, 0.3) is 0 Å². The van der Waals surface area contributed by atoms with Gasteiger partial charge in [-0.25, -0.2) is 4.98 Å². The van der Waals surface area contributed by atoms with Crippen LogP contribution in [0.5, 0.6) is 0 Å². The molecule has 2 aliphatic rings. The fourth-order valence-corrected chi connectivity index (χ4v) is 4.14. The zero-order chi connectivity index (χ0) is 14.5. The summed E-state index contributed by atoms with van der Waals surface area (Å²) in [4.78, 5) is 7.29. The lowest BCUT2D eigenvalue weighted by atomic mass is 9.90. The van der Waals surface area contributed by atoms with Crippen molar-refractivity contribution in [3.63, 3.8) is 0 Å². The molecule has 1 saturated carbocycles. The molecule has 2 atom stereocenters. The van der Waals surface area contributed by atoms with Crippen LogP contribution in [0.4, 0.5) is 5.13 Å². The lowest BCUT2D eigenvalue weighted by Crippen LogP contribution is -2.52. The van der Waals surface area contributed by atoms with Gasteiger partial charge in [0.05, 0.1) is 31.1 Å². The third-order valence-electron chi connectivity index (χ3n) is 4.31. The third kappa shape index (κ3) is 3.74. The minimum atomic E-state index is 0.416. The largest absolute Gasteiger partial charge is 0.383 e. The van der Waals surface area contributed by atoms with Crippen LogP contribution in [-0.4, -0.2) is 50.5 Å². The molecule has 3 rings (SSSR count). The summed E-state index contributed by atoms with van der Waals surface area (Å²) >= 11 is 1.76. The Balaban J connectivity index is 1.59. The van der Waals surface area contributed by atoms with Crippen LogP contribution in [0.2, 0.25) is 0 Å². The maximum Gasteiger partial charge on any atom is 0.185 e. The van der Waals surface area contributed by atoms with Gasteiger partial charge in [-0.3, -0.25) is 0 Å². The number of anilines is 1. The van der Waals surface area contributed by atoms with Gasteiger partial charge < -0.3 is 19.7 Å². The fourth-order valence-electron chi connectivity index (χ4n) is 3.23. The summed E-state index contributed by atoms with van der Waals surface area (Å²) in [6.45, 7) is 4.24. The Bertz CT molecular complexity index is 438. The predicted molar refractivity (Wildman–Crippen MR) is 85.0 cm³/mol. The van der Waals surface area contributed by atoms with E-state index in [2.05, 4.69) is 15.6 Å². The predicted octanol–water partition coefficient (Wildman–Crippen LogP) is 2.03. The number of nitrogens with zero attached hydrogens (tertiary/aromatic N) is 2. The number of nitrogens with one attached hydrogen (secondary N) is 1. The van der Waals surface area contributed by atoms with Crippen molar-refractivity contribution in [2.75, 3.05) is 38.3 Å². The first-order chi connectivity index (χ1) is 10.4. The van der Waals surface area contributed by atoms with E-state index in [4.69, 9.17) is 14.5 Å². The molecule has 2 heterocycles. The molecule has 0 amide bonds. The summed E-state index contributed by atoms with van der Waals surface area (Å²) in [6, 6.07) is 0.535. The van der Waals surface area contributed by atoms with E-state index >= 15 is 0 Å². The number of hydrogen-bond donors (Lipinski definition) is 1. The zero-order valence-electron chi connectivity index (χ0n) is 12.7. The average Bonchev–Trinajstić information content (AvgIpc) is 3.00. The van der Waals surface area contributed by atoms with Crippen LogP contribution in [-0.2, 0) is 16.0 Å². The van der Waals surface area contributed by atoms with Crippen molar-refractivity contribution in [1.29, 1.82) is 0 Å². The topological polar surface area (TPSA) is 46.6 Å². The average molecular weight is 311 g/mol. The van der Waals surface area contributed by atoms with Crippen molar-refractivity contribution in [2.24, 2.45) is 0 Å². The zero-order valence-corrected chi connectivity index (χ0v) is 13.5. The Morgan fingerprint density at radius 1 is 1.48 bits per heavy atom. The lowest BCUT2D eigenvalue weighted by molar-refractivity contribution is -0.00870. The first-order valence-corrected chi connectivity index (χ1v) is 8.79. The summed E-state index contributed by atoms with van der Waals surface area (Å²) in [5, 5.41) is 6.69. The van der Waals surface area contributed by atoms with Crippen LogP contribution < -0.4 is 10.2 Å². The van der Waals surface area contributed by atoms with Crippen molar-refractivity contribution in [3.05, 3.63) is 11.1 Å². The Labute approximate surface area is 130 Å². The molecule has 0 bridgehead atoms. The molecule has 2 fully saturated rings. The Morgan fingerprint density at radius 3 is 3.29 bits per heavy atom. The molecule has 2 unspecified atom stereocenters. The molecule has 1 aliphatic heterocycles. The number of aromatic nitrogens is 1. The smallest absolute Gasteiger partial charge is 0.185 e. The van der Waals surface area contributed by atoms with Crippen molar-refractivity contribution in [1.82, 2.24) is 10.3 Å². The first kappa shape index (κ1) is 15.2. The molecular weight excluding hydrogens is 286 g/mol. The number of ether oxygens (including phenoxy) is 2. The van der Waals surface area contributed by atoms with Gasteiger partial charge in [-0.05, 0) is 12.8 Å². The third-order valence-corrected chi connectivity index (χ3v) is 5.23. The van der Waals surface area contributed by atoms with Gasteiger partial charge in [0.2, 0.25) is 0 Å². The van der Waals surface area contributed by atoms with Gasteiger partial charge in [-0.1, -0.05) is 12.8 Å². The molecule has 21 heavy (non-hydrogen) atoms. The van der Waals surface area contributed by atoms with E-state index in [0.717, 1.165) is 38.5 Å². The Hall–Kier alpha value is -0.690. The molecule has 1 aromatic rings. The van der Waals surface area contributed by atoms with Gasteiger partial charge in [0, 0.05) is 32.1 Å². The van der Waals surface area contributed by atoms with E-state index in [9.17, 15) is 0 Å². The van der Waals surface area contributed by atoms with Gasteiger partial charge in [0.1, 0.15) is 0 Å². The summed E-state index contributed by atoms with van der Waals surface area (Å²) in [5.74, 6) is 0. The van der Waals surface area contributed by atoms with E-state index in [1.807, 2.05) is 0 Å². The van der Waals surface area contributed by atoms with E-state index in [1.165, 1.54) is 30.8 Å². The highest BCUT2D eigenvalue weighted by Crippen LogP contribution is 2.33. The molecule has 6 heteroatoms. The molecule has 0 aromatic carbocycles. The summed E-state index contributed by atoms with van der Waals surface area (Å²) in [7, 11) is 1.72. The Kier molecular flexibility index (Phi) is 5.46. The molecule has 1 N–H and O–H groups in total. The van der Waals surface area contributed by atoms with Crippen molar-refractivity contribution < 1.29 is 9.47 Å². The molecule has 0 spiro atoms. The molecule has 1 aromatic heterocycles. The van der Waals surface area contributed by atoms with E-state index in [-0.39, 0.29) is 0 Å². The van der Waals surface area contributed by atoms with Gasteiger partial charge in [-0.15, -0.1) is 11.3 Å². The molecule has 0 radical (unpaired) electrons. The van der Waals surface area contributed by atoms with Crippen LogP contribution in [0.3, 0.4) is 0 Å². The minimum absolute atomic E-state index is 0.416. The van der Waals surface area contributed by atoms with Crippen molar-refractivity contribution in [3.8, 4) is 0 Å². The SMILES string of the molecule is COCCNCc1csc(N2CCOC3CCCCC32)n1. The van der Waals surface area contributed by atoms with Gasteiger partial charge in [-0.2, -0.15) is 0 Å². The Morgan fingerprint density at radius 2 is 2.38 bits per heavy atom. The highest BCUT2D eigenvalue weighted by atomic mass is 32.1. The van der Waals surface area contributed by atoms with Crippen molar-refractivity contribution >= 4 is 16.5 Å². The van der Waals surface area contributed by atoms with E-state index in [1.54, 1.807) is 18.4 Å². The highest BCUT2D eigenvalue weighted by Gasteiger charge is 2.35. The van der Waals surface area contributed by atoms with E-state index < -0.39 is 0 Å².